The largest absolute Gasteiger partial charge is 0.462 e. The molecule has 0 aliphatic carbocycles. The molecule has 0 aliphatic rings. The number of hydrogen-bond donors (Lipinski definition) is 0. The first-order valence-corrected chi connectivity index (χ1v) is 4.95. The second-order valence-electron chi connectivity index (χ2n) is 2.64. The van der Waals surface area contributed by atoms with Gasteiger partial charge in [0.25, 0.3) is 0 Å². The Balaban J connectivity index is 3.28. The summed E-state index contributed by atoms with van der Waals surface area (Å²) in [4.78, 5) is 11.3. The number of halogens is 2. The number of hydrogen-bond acceptors (Lipinski definition) is 3. The lowest BCUT2D eigenvalue weighted by molar-refractivity contribution is 0.0520. The zero-order valence-corrected chi connectivity index (χ0v) is 9.47. The van der Waals surface area contributed by atoms with Crippen molar-refractivity contribution >= 4 is 21.9 Å². The monoisotopic (exact) mass is 271 g/mol. The van der Waals surface area contributed by atoms with Crippen molar-refractivity contribution in [2.24, 2.45) is 0 Å². The van der Waals surface area contributed by atoms with E-state index in [0.717, 1.165) is 6.07 Å². The van der Waals surface area contributed by atoms with Gasteiger partial charge in [0, 0.05) is 4.47 Å². The molecule has 3 nitrogen and oxygen atoms in total. The van der Waals surface area contributed by atoms with Gasteiger partial charge in [0.1, 0.15) is 17.4 Å². The van der Waals surface area contributed by atoms with E-state index in [2.05, 4.69) is 20.7 Å². The Kier molecular flexibility index (Phi) is 3.81. The predicted molar refractivity (Wildman–Crippen MR) is 54.8 cm³/mol. The Morgan fingerprint density at radius 2 is 2.33 bits per heavy atom. The molecule has 78 valence electrons. The number of benzene rings is 1. The number of esters is 1. The highest BCUT2D eigenvalue weighted by Crippen LogP contribution is 2.20. The van der Waals surface area contributed by atoms with Crippen molar-refractivity contribution in [2.45, 2.75) is 6.92 Å². The van der Waals surface area contributed by atoms with E-state index in [1.54, 1.807) is 13.0 Å². The third kappa shape index (κ3) is 2.54. The molecule has 1 aromatic rings. The van der Waals surface area contributed by atoms with E-state index in [4.69, 9.17) is 5.26 Å². The summed E-state index contributed by atoms with van der Waals surface area (Å²) in [5.74, 6) is -1.58. The molecular weight excluding hydrogens is 265 g/mol. The fourth-order valence-electron chi connectivity index (χ4n) is 1.07. The second-order valence-corrected chi connectivity index (χ2v) is 3.56. The van der Waals surface area contributed by atoms with Gasteiger partial charge in [-0.3, -0.25) is 0 Å². The van der Waals surface area contributed by atoms with E-state index in [1.165, 1.54) is 6.07 Å². The van der Waals surface area contributed by atoms with Crippen LogP contribution in [0.3, 0.4) is 0 Å². The summed E-state index contributed by atoms with van der Waals surface area (Å²) in [6.07, 6.45) is 0. The lowest BCUT2D eigenvalue weighted by Crippen LogP contribution is -2.09. The molecule has 0 fully saturated rings. The van der Waals surface area contributed by atoms with Crippen LogP contribution in [0.25, 0.3) is 0 Å². The number of nitriles is 1. The van der Waals surface area contributed by atoms with Crippen molar-refractivity contribution < 1.29 is 13.9 Å². The molecule has 0 saturated carbocycles. The minimum Gasteiger partial charge on any atom is -0.462 e. The molecule has 0 radical (unpaired) electrons. The topological polar surface area (TPSA) is 50.1 Å². The van der Waals surface area contributed by atoms with Crippen LogP contribution in [0.4, 0.5) is 4.39 Å². The van der Waals surface area contributed by atoms with Gasteiger partial charge < -0.3 is 4.74 Å². The van der Waals surface area contributed by atoms with Crippen LogP contribution in [-0.4, -0.2) is 12.6 Å². The van der Waals surface area contributed by atoms with Gasteiger partial charge in [0.15, 0.2) is 0 Å². The summed E-state index contributed by atoms with van der Waals surface area (Å²) in [5.41, 5.74) is -0.358. The molecule has 0 spiro atoms. The number of carbonyl (C=O) groups is 1. The van der Waals surface area contributed by atoms with Gasteiger partial charge in [0.2, 0.25) is 0 Å². The summed E-state index contributed by atoms with van der Waals surface area (Å²) in [7, 11) is 0. The molecule has 1 aromatic carbocycles. The predicted octanol–water partition coefficient (Wildman–Crippen LogP) is 2.64. The fourth-order valence-corrected chi connectivity index (χ4v) is 1.50. The van der Waals surface area contributed by atoms with E-state index in [9.17, 15) is 9.18 Å². The average molecular weight is 272 g/mol. The summed E-state index contributed by atoms with van der Waals surface area (Å²) >= 11 is 3.03. The standard InChI is InChI=1S/C10H7BrFNO2/c1-2-15-10(14)9-6(5-13)3-7(11)4-8(9)12/h3-4H,2H2,1H3. The molecule has 0 N–H and O–H groups in total. The van der Waals surface area contributed by atoms with Gasteiger partial charge in [-0.15, -0.1) is 0 Å². The lowest BCUT2D eigenvalue weighted by atomic mass is 10.1. The minimum absolute atomic E-state index is 0.0414. The average Bonchev–Trinajstić information content (AvgIpc) is 2.16. The number of nitrogens with zero attached hydrogens (tertiary/aromatic N) is 1. The van der Waals surface area contributed by atoms with Gasteiger partial charge in [-0.1, -0.05) is 15.9 Å². The van der Waals surface area contributed by atoms with Crippen molar-refractivity contribution in [2.75, 3.05) is 6.61 Å². The van der Waals surface area contributed by atoms with Crippen molar-refractivity contribution in [3.8, 4) is 6.07 Å². The first kappa shape index (κ1) is 11.7. The van der Waals surface area contributed by atoms with E-state index in [1.807, 2.05) is 0 Å². The molecule has 0 bridgehead atoms. The zero-order chi connectivity index (χ0) is 11.4. The third-order valence-corrected chi connectivity index (χ3v) is 2.11. The van der Waals surface area contributed by atoms with Crippen LogP contribution in [0.1, 0.15) is 22.8 Å². The first-order valence-electron chi connectivity index (χ1n) is 4.16. The number of ether oxygens (including phenoxy) is 1. The molecule has 1 rings (SSSR count). The first-order chi connectivity index (χ1) is 7.10. The maximum atomic E-state index is 13.4. The quantitative estimate of drug-likeness (QED) is 0.777. The van der Waals surface area contributed by atoms with Crippen molar-refractivity contribution in [1.82, 2.24) is 0 Å². The van der Waals surface area contributed by atoms with Gasteiger partial charge >= 0.3 is 5.97 Å². The molecule has 0 aliphatic heterocycles. The van der Waals surface area contributed by atoms with E-state index < -0.39 is 11.8 Å². The van der Waals surface area contributed by atoms with Crippen molar-refractivity contribution in [3.63, 3.8) is 0 Å². The maximum absolute atomic E-state index is 13.4. The van der Waals surface area contributed by atoms with Crippen LogP contribution in [0, 0.1) is 17.1 Å². The molecule has 15 heavy (non-hydrogen) atoms. The SMILES string of the molecule is CCOC(=O)c1c(F)cc(Br)cc1C#N. The Bertz CT molecular complexity index is 440. The molecule has 0 aromatic heterocycles. The summed E-state index contributed by atoms with van der Waals surface area (Å²) in [6, 6.07) is 4.23. The highest BCUT2D eigenvalue weighted by molar-refractivity contribution is 9.10. The molecule has 5 heteroatoms. The smallest absolute Gasteiger partial charge is 0.342 e. The third-order valence-electron chi connectivity index (χ3n) is 1.66. The summed E-state index contributed by atoms with van der Waals surface area (Å²) < 4.78 is 18.4. The van der Waals surface area contributed by atoms with Gasteiger partial charge in [-0.05, 0) is 19.1 Å². The van der Waals surface area contributed by atoms with Gasteiger partial charge in [-0.2, -0.15) is 5.26 Å². The molecule has 0 amide bonds. The van der Waals surface area contributed by atoms with E-state index >= 15 is 0 Å². The van der Waals surface area contributed by atoms with Gasteiger partial charge in [-0.25, -0.2) is 9.18 Å². The number of carbonyl (C=O) groups excluding carboxylic acids is 1. The van der Waals surface area contributed by atoms with Crippen molar-refractivity contribution in [3.05, 3.63) is 33.5 Å². The van der Waals surface area contributed by atoms with Crippen LogP contribution >= 0.6 is 15.9 Å². The summed E-state index contributed by atoms with van der Waals surface area (Å²) in [5, 5.41) is 8.74. The Morgan fingerprint density at radius 1 is 1.67 bits per heavy atom. The Labute approximate surface area is 94.6 Å². The molecule has 0 heterocycles. The second kappa shape index (κ2) is 4.89. The van der Waals surface area contributed by atoms with Crippen LogP contribution < -0.4 is 0 Å². The van der Waals surface area contributed by atoms with Crippen LogP contribution in [-0.2, 0) is 4.74 Å². The molecule has 0 atom stereocenters. The zero-order valence-electron chi connectivity index (χ0n) is 7.88. The normalized spacial score (nSPS) is 9.47. The molecule has 0 unspecified atom stereocenters. The van der Waals surface area contributed by atoms with Crippen LogP contribution in [0.2, 0.25) is 0 Å². The van der Waals surface area contributed by atoms with Crippen molar-refractivity contribution in [1.29, 1.82) is 5.26 Å². The molecular formula is C10H7BrFNO2. The molecule has 0 saturated heterocycles. The van der Waals surface area contributed by atoms with Gasteiger partial charge in [0.05, 0.1) is 12.2 Å². The Morgan fingerprint density at radius 3 is 2.87 bits per heavy atom. The highest BCUT2D eigenvalue weighted by Gasteiger charge is 2.18. The maximum Gasteiger partial charge on any atom is 0.342 e. The lowest BCUT2D eigenvalue weighted by Gasteiger charge is -2.05. The Hall–Kier alpha value is -1.41. The minimum atomic E-state index is -0.820. The van der Waals surface area contributed by atoms with Crippen LogP contribution in [0.15, 0.2) is 16.6 Å². The highest BCUT2D eigenvalue weighted by atomic mass is 79.9. The van der Waals surface area contributed by atoms with E-state index in [-0.39, 0.29) is 17.7 Å². The van der Waals surface area contributed by atoms with E-state index in [0.29, 0.717) is 4.47 Å². The van der Waals surface area contributed by atoms with Crippen LogP contribution in [0.5, 0.6) is 0 Å². The summed E-state index contributed by atoms with van der Waals surface area (Å²) in [6.45, 7) is 1.75. The number of rotatable bonds is 2. The fraction of sp³-hybridized carbons (Fsp3) is 0.200.